The van der Waals surface area contributed by atoms with E-state index in [9.17, 15) is 0 Å². The fourth-order valence-electron chi connectivity index (χ4n) is 1.62. The maximum atomic E-state index is 5.07. The molecule has 0 saturated heterocycles. The number of hydrogen-bond donors (Lipinski definition) is 1. The molecule has 2 rings (SSSR count). The summed E-state index contributed by atoms with van der Waals surface area (Å²) >= 11 is 0. The second-order valence-electron chi connectivity index (χ2n) is 3.77. The molecule has 5 nitrogen and oxygen atoms in total. The lowest BCUT2D eigenvalue weighted by molar-refractivity contribution is 0.379. The van der Waals surface area contributed by atoms with Gasteiger partial charge in [-0.2, -0.15) is 15.0 Å². The van der Waals surface area contributed by atoms with Crippen LogP contribution in [0.2, 0.25) is 0 Å². The third kappa shape index (κ3) is 2.56. The molecule has 0 spiro atoms. The number of nitrogens with one attached hydrogen (secondary N) is 1. The molecule has 18 heavy (non-hydrogen) atoms. The highest BCUT2D eigenvalue weighted by Gasteiger charge is 2.08. The van der Waals surface area contributed by atoms with E-state index in [4.69, 9.17) is 4.74 Å². The molecule has 1 aromatic heterocycles. The molecule has 1 aromatic carbocycles. The Morgan fingerprint density at radius 3 is 2.72 bits per heavy atom. The summed E-state index contributed by atoms with van der Waals surface area (Å²) in [5.41, 5.74) is 2.21. The van der Waals surface area contributed by atoms with Crippen LogP contribution < -0.4 is 10.1 Å². The first-order valence-electron chi connectivity index (χ1n) is 5.84. The van der Waals surface area contributed by atoms with Crippen LogP contribution in [-0.2, 0) is 6.42 Å². The molecule has 0 aliphatic heterocycles. The number of methoxy groups -OCH3 is 1. The zero-order chi connectivity index (χ0) is 13.0. The molecule has 0 fully saturated rings. The highest BCUT2D eigenvalue weighted by molar-refractivity contribution is 5.57. The van der Waals surface area contributed by atoms with Gasteiger partial charge in [0, 0.05) is 12.6 Å². The van der Waals surface area contributed by atoms with Crippen LogP contribution in [0.15, 0.2) is 24.3 Å². The zero-order valence-corrected chi connectivity index (χ0v) is 10.8. The lowest BCUT2D eigenvalue weighted by Crippen LogP contribution is -2.03. The molecule has 2 aromatic rings. The van der Waals surface area contributed by atoms with Crippen LogP contribution in [-0.4, -0.2) is 29.1 Å². The number of anilines is 1. The molecule has 0 radical (unpaired) electrons. The van der Waals surface area contributed by atoms with Crippen molar-refractivity contribution in [2.24, 2.45) is 0 Å². The van der Waals surface area contributed by atoms with E-state index < -0.39 is 0 Å². The molecule has 0 atom stereocenters. The van der Waals surface area contributed by atoms with E-state index in [0.29, 0.717) is 17.8 Å². The van der Waals surface area contributed by atoms with E-state index in [1.54, 1.807) is 14.2 Å². The van der Waals surface area contributed by atoms with Gasteiger partial charge in [0.05, 0.1) is 7.11 Å². The predicted molar refractivity (Wildman–Crippen MR) is 70.7 cm³/mol. The number of aryl methyl sites for hydroxylation is 1. The summed E-state index contributed by atoms with van der Waals surface area (Å²) in [5.74, 6) is 1.11. The third-order valence-electron chi connectivity index (χ3n) is 2.61. The normalized spacial score (nSPS) is 10.2. The number of rotatable bonds is 4. The Hall–Kier alpha value is -2.17. The van der Waals surface area contributed by atoms with Crippen molar-refractivity contribution in [1.82, 2.24) is 15.0 Å². The van der Waals surface area contributed by atoms with Crippen molar-refractivity contribution < 1.29 is 4.74 Å². The molecule has 0 saturated carbocycles. The molecule has 0 aliphatic carbocycles. The van der Waals surface area contributed by atoms with Crippen molar-refractivity contribution in [3.05, 3.63) is 29.8 Å². The molecule has 0 amide bonds. The van der Waals surface area contributed by atoms with Gasteiger partial charge in [-0.1, -0.05) is 25.1 Å². The first kappa shape index (κ1) is 12.3. The zero-order valence-electron chi connectivity index (χ0n) is 10.8. The van der Waals surface area contributed by atoms with Crippen LogP contribution >= 0.6 is 0 Å². The SMILES string of the molecule is CCc1cccc(-c2nc(NC)nc(OC)n2)c1. The summed E-state index contributed by atoms with van der Waals surface area (Å²) in [4.78, 5) is 12.7. The highest BCUT2D eigenvalue weighted by Crippen LogP contribution is 2.19. The summed E-state index contributed by atoms with van der Waals surface area (Å²) in [6.45, 7) is 2.12. The fourth-order valence-corrected chi connectivity index (χ4v) is 1.62. The molecular formula is C13H16N4O. The Morgan fingerprint density at radius 2 is 2.06 bits per heavy atom. The van der Waals surface area contributed by atoms with E-state index in [1.165, 1.54) is 5.56 Å². The van der Waals surface area contributed by atoms with Gasteiger partial charge in [0.2, 0.25) is 5.95 Å². The number of aromatic nitrogens is 3. The number of benzene rings is 1. The van der Waals surface area contributed by atoms with Crippen LogP contribution in [0, 0.1) is 0 Å². The van der Waals surface area contributed by atoms with Crippen LogP contribution in [0.1, 0.15) is 12.5 Å². The van der Waals surface area contributed by atoms with E-state index in [1.807, 2.05) is 12.1 Å². The molecular weight excluding hydrogens is 228 g/mol. The second-order valence-corrected chi connectivity index (χ2v) is 3.77. The average Bonchev–Trinajstić information content (AvgIpc) is 2.46. The van der Waals surface area contributed by atoms with Gasteiger partial charge in [0.1, 0.15) is 0 Å². The average molecular weight is 244 g/mol. The van der Waals surface area contributed by atoms with E-state index in [0.717, 1.165) is 12.0 Å². The lowest BCUT2D eigenvalue weighted by Gasteiger charge is -2.06. The van der Waals surface area contributed by atoms with Gasteiger partial charge in [-0.25, -0.2) is 0 Å². The minimum absolute atomic E-state index is 0.311. The summed E-state index contributed by atoms with van der Waals surface area (Å²) in [7, 11) is 3.31. The maximum absolute atomic E-state index is 5.07. The second kappa shape index (κ2) is 5.44. The van der Waals surface area contributed by atoms with Gasteiger partial charge in [0.25, 0.3) is 0 Å². The van der Waals surface area contributed by atoms with Crippen molar-refractivity contribution in [3.63, 3.8) is 0 Å². The van der Waals surface area contributed by atoms with Gasteiger partial charge in [0.15, 0.2) is 5.82 Å². The first-order valence-corrected chi connectivity index (χ1v) is 5.84. The van der Waals surface area contributed by atoms with Crippen LogP contribution in [0.4, 0.5) is 5.95 Å². The monoisotopic (exact) mass is 244 g/mol. The van der Waals surface area contributed by atoms with E-state index >= 15 is 0 Å². The Bertz CT molecular complexity index is 520. The van der Waals surface area contributed by atoms with Gasteiger partial charge in [-0.3, -0.25) is 0 Å². The highest BCUT2D eigenvalue weighted by atomic mass is 16.5. The lowest BCUT2D eigenvalue weighted by atomic mass is 10.1. The van der Waals surface area contributed by atoms with Crippen molar-refractivity contribution >= 4 is 5.95 Å². The smallest absolute Gasteiger partial charge is 0.321 e. The van der Waals surface area contributed by atoms with Crippen LogP contribution in [0.5, 0.6) is 6.01 Å². The summed E-state index contributed by atoms with van der Waals surface area (Å²) in [5, 5.41) is 2.90. The molecule has 5 heteroatoms. The van der Waals surface area contributed by atoms with Crippen LogP contribution in [0.25, 0.3) is 11.4 Å². The number of hydrogen-bond acceptors (Lipinski definition) is 5. The fraction of sp³-hybridized carbons (Fsp3) is 0.308. The minimum atomic E-state index is 0.311. The molecule has 0 aliphatic rings. The third-order valence-corrected chi connectivity index (χ3v) is 2.61. The molecule has 0 unspecified atom stereocenters. The first-order chi connectivity index (χ1) is 8.76. The summed E-state index contributed by atoms with van der Waals surface area (Å²) < 4.78 is 5.07. The Balaban J connectivity index is 2.48. The Labute approximate surface area is 106 Å². The molecule has 94 valence electrons. The van der Waals surface area contributed by atoms with Gasteiger partial charge in [-0.15, -0.1) is 0 Å². The topological polar surface area (TPSA) is 59.9 Å². The Morgan fingerprint density at radius 1 is 1.22 bits per heavy atom. The Kier molecular flexibility index (Phi) is 3.72. The number of nitrogens with zero attached hydrogens (tertiary/aromatic N) is 3. The molecule has 0 bridgehead atoms. The van der Waals surface area contributed by atoms with Crippen molar-refractivity contribution in [2.45, 2.75) is 13.3 Å². The van der Waals surface area contributed by atoms with Gasteiger partial charge >= 0.3 is 6.01 Å². The summed E-state index contributed by atoms with van der Waals surface area (Å²) in [6, 6.07) is 8.46. The predicted octanol–water partition coefficient (Wildman–Crippen LogP) is 2.15. The standard InChI is InChI=1S/C13H16N4O/c1-4-9-6-5-7-10(8-9)11-15-12(14-2)17-13(16-11)18-3/h5-8H,4H2,1-3H3,(H,14,15,16,17). The largest absolute Gasteiger partial charge is 0.467 e. The van der Waals surface area contributed by atoms with Gasteiger partial charge < -0.3 is 10.1 Å². The maximum Gasteiger partial charge on any atom is 0.321 e. The minimum Gasteiger partial charge on any atom is -0.467 e. The van der Waals surface area contributed by atoms with Crippen molar-refractivity contribution in [3.8, 4) is 17.4 Å². The van der Waals surface area contributed by atoms with Crippen molar-refractivity contribution in [1.29, 1.82) is 0 Å². The van der Waals surface area contributed by atoms with E-state index in [2.05, 4.69) is 39.3 Å². The van der Waals surface area contributed by atoms with Crippen molar-refractivity contribution in [2.75, 3.05) is 19.5 Å². The molecule has 1 N–H and O–H groups in total. The number of ether oxygens (including phenoxy) is 1. The van der Waals surface area contributed by atoms with Gasteiger partial charge in [-0.05, 0) is 18.1 Å². The van der Waals surface area contributed by atoms with Crippen LogP contribution in [0.3, 0.4) is 0 Å². The van der Waals surface area contributed by atoms with E-state index in [-0.39, 0.29) is 0 Å². The summed E-state index contributed by atoms with van der Waals surface area (Å²) in [6.07, 6.45) is 0.981. The quantitative estimate of drug-likeness (QED) is 0.893. The molecule has 1 heterocycles.